The van der Waals surface area contributed by atoms with Gasteiger partial charge in [-0.2, -0.15) is 11.8 Å². The van der Waals surface area contributed by atoms with E-state index in [9.17, 15) is 4.79 Å². The van der Waals surface area contributed by atoms with Crippen LogP contribution in [0.2, 0.25) is 0 Å². The van der Waals surface area contributed by atoms with Crippen LogP contribution in [0.5, 0.6) is 0 Å². The summed E-state index contributed by atoms with van der Waals surface area (Å²) in [4.78, 5) is 12.7. The van der Waals surface area contributed by atoms with E-state index in [1.54, 1.807) is 0 Å². The van der Waals surface area contributed by atoms with Crippen LogP contribution in [0.25, 0.3) is 0 Å². The van der Waals surface area contributed by atoms with Crippen molar-refractivity contribution < 1.29 is 9.53 Å². The van der Waals surface area contributed by atoms with Gasteiger partial charge in [-0.05, 0) is 44.4 Å². The molecule has 3 aliphatic heterocycles. The zero-order chi connectivity index (χ0) is 13.1. The largest absolute Gasteiger partial charge is 0.374 e. The molecular weight excluding hydrogens is 258 g/mol. The van der Waals surface area contributed by atoms with Crippen LogP contribution in [0.3, 0.4) is 0 Å². The monoisotopic (exact) mass is 283 g/mol. The lowest BCUT2D eigenvalue weighted by Crippen LogP contribution is -2.47. The summed E-state index contributed by atoms with van der Waals surface area (Å²) in [6, 6.07) is 0.122. The molecule has 3 fully saturated rings. The van der Waals surface area contributed by atoms with Crippen molar-refractivity contribution in [2.75, 3.05) is 24.7 Å². The summed E-state index contributed by atoms with van der Waals surface area (Å²) < 4.78 is 6.03. The third-order valence-electron chi connectivity index (χ3n) is 4.87. The van der Waals surface area contributed by atoms with Crippen molar-refractivity contribution >= 4 is 17.5 Å². The lowest BCUT2D eigenvalue weighted by atomic mass is 9.80. The zero-order valence-corrected chi connectivity index (χ0v) is 12.5. The molecule has 108 valence electrons. The molecule has 3 aliphatic rings. The molecule has 3 rings (SSSR count). The van der Waals surface area contributed by atoms with E-state index in [-0.39, 0.29) is 17.6 Å². The first kappa shape index (κ1) is 13.9. The second-order valence-electron chi connectivity index (χ2n) is 6.28. The Labute approximate surface area is 120 Å². The number of thioether (sulfide) groups is 1. The lowest BCUT2D eigenvalue weighted by molar-refractivity contribution is -0.136. The molecule has 3 saturated heterocycles. The molecule has 0 aromatic carbocycles. The molecular formula is C15H25NO2S. The molecule has 4 heteroatoms. The third-order valence-corrected chi connectivity index (χ3v) is 6.09. The summed E-state index contributed by atoms with van der Waals surface area (Å²) in [7, 11) is 0. The first-order valence-electron chi connectivity index (χ1n) is 7.78. The fourth-order valence-corrected chi connectivity index (χ4v) is 5.07. The summed E-state index contributed by atoms with van der Waals surface area (Å²) in [5.74, 6) is 3.00. The minimum atomic E-state index is 0.0357. The molecule has 3 nitrogen and oxygen atoms in total. The van der Waals surface area contributed by atoms with Gasteiger partial charge in [0.25, 0.3) is 0 Å². The Bertz CT molecular complexity index is 320. The molecule has 0 radical (unpaired) electrons. The number of carbonyl (C=O) groups is 1. The second kappa shape index (κ2) is 6.15. The number of hydrogen-bond acceptors (Lipinski definition) is 4. The molecule has 3 unspecified atom stereocenters. The standard InChI is InChI=1S/C15H25NO2S/c17-14(13-4-2-1-3-7-16-13)12-5-8-18-15(10-12)6-9-19-11-15/h12-13,16H,1-11H2. The Morgan fingerprint density at radius 3 is 3.05 bits per heavy atom. The molecule has 3 atom stereocenters. The van der Waals surface area contributed by atoms with E-state index in [0.29, 0.717) is 5.78 Å². The van der Waals surface area contributed by atoms with Crippen molar-refractivity contribution in [2.45, 2.75) is 56.6 Å². The molecule has 1 spiro atoms. The minimum Gasteiger partial charge on any atom is -0.374 e. The fraction of sp³-hybridized carbons (Fsp3) is 0.933. The van der Waals surface area contributed by atoms with Crippen LogP contribution < -0.4 is 5.32 Å². The maximum atomic E-state index is 12.7. The number of carbonyl (C=O) groups excluding carboxylic acids is 1. The molecule has 3 heterocycles. The van der Waals surface area contributed by atoms with Crippen LogP contribution in [0.15, 0.2) is 0 Å². The maximum absolute atomic E-state index is 12.7. The van der Waals surface area contributed by atoms with Gasteiger partial charge in [-0.15, -0.1) is 0 Å². The summed E-state index contributed by atoms with van der Waals surface area (Å²) in [5.41, 5.74) is 0.0357. The average molecular weight is 283 g/mol. The van der Waals surface area contributed by atoms with Crippen molar-refractivity contribution in [3.8, 4) is 0 Å². The molecule has 0 bridgehead atoms. The van der Waals surface area contributed by atoms with Crippen molar-refractivity contribution in [3.05, 3.63) is 0 Å². The predicted molar refractivity (Wildman–Crippen MR) is 78.6 cm³/mol. The molecule has 0 saturated carbocycles. The molecule has 19 heavy (non-hydrogen) atoms. The maximum Gasteiger partial charge on any atom is 0.153 e. The van der Waals surface area contributed by atoms with E-state index in [0.717, 1.165) is 44.6 Å². The van der Waals surface area contributed by atoms with Crippen molar-refractivity contribution in [1.29, 1.82) is 0 Å². The summed E-state index contributed by atoms with van der Waals surface area (Å²) in [6.45, 7) is 1.80. The number of nitrogens with one attached hydrogen (secondary N) is 1. The number of Topliss-reactive ketones (excluding diaryl/α,β-unsaturated/α-hetero) is 1. The molecule has 1 N–H and O–H groups in total. The molecule has 0 aromatic heterocycles. The highest BCUT2D eigenvalue weighted by Crippen LogP contribution is 2.41. The first-order valence-corrected chi connectivity index (χ1v) is 8.93. The van der Waals surface area contributed by atoms with E-state index < -0.39 is 0 Å². The van der Waals surface area contributed by atoms with Gasteiger partial charge in [-0.3, -0.25) is 4.79 Å². The number of rotatable bonds is 2. The molecule has 0 aliphatic carbocycles. The summed E-state index contributed by atoms with van der Waals surface area (Å²) >= 11 is 1.98. The van der Waals surface area contributed by atoms with E-state index in [4.69, 9.17) is 4.74 Å². The van der Waals surface area contributed by atoms with Crippen LogP contribution in [0.4, 0.5) is 0 Å². The van der Waals surface area contributed by atoms with Gasteiger partial charge in [0.15, 0.2) is 5.78 Å². The van der Waals surface area contributed by atoms with Gasteiger partial charge in [0, 0.05) is 18.3 Å². The number of ketones is 1. The van der Waals surface area contributed by atoms with Crippen molar-refractivity contribution in [3.63, 3.8) is 0 Å². The van der Waals surface area contributed by atoms with Crippen LogP contribution in [-0.4, -0.2) is 42.1 Å². The highest BCUT2D eigenvalue weighted by Gasteiger charge is 2.43. The number of ether oxygens (including phenoxy) is 1. The fourth-order valence-electron chi connectivity index (χ4n) is 3.69. The van der Waals surface area contributed by atoms with E-state index >= 15 is 0 Å². The molecule has 0 aromatic rings. The van der Waals surface area contributed by atoms with Gasteiger partial charge >= 0.3 is 0 Å². The Morgan fingerprint density at radius 2 is 2.21 bits per heavy atom. The highest BCUT2D eigenvalue weighted by atomic mass is 32.2. The minimum absolute atomic E-state index is 0.0357. The Morgan fingerprint density at radius 1 is 1.26 bits per heavy atom. The summed E-state index contributed by atoms with van der Waals surface area (Å²) in [6.07, 6.45) is 7.77. The SMILES string of the molecule is O=C(C1CCOC2(CCSC2)C1)C1CCCCCN1. The zero-order valence-electron chi connectivity index (χ0n) is 11.7. The lowest BCUT2D eigenvalue weighted by Gasteiger charge is -2.38. The van der Waals surface area contributed by atoms with Crippen molar-refractivity contribution in [1.82, 2.24) is 5.32 Å². The van der Waals surface area contributed by atoms with Crippen molar-refractivity contribution in [2.24, 2.45) is 5.92 Å². The van der Waals surface area contributed by atoms with Gasteiger partial charge in [-0.25, -0.2) is 0 Å². The average Bonchev–Trinajstić information content (AvgIpc) is 2.72. The van der Waals surface area contributed by atoms with Gasteiger partial charge in [0.05, 0.1) is 11.6 Å². The molecule has 0 amide bonds. The first-order chi connectivity index (χ1) is 9.29. The van der Waals surface area contributed by atoms with Gasteiger partial charge < -0.3 is 10.1 Å². The van der Waals surface area contributed by atoms with Gasteiger partial charge in [0.1, 0.15) is 0 Å². The smallest absolute Gasteiger partial charge is 0.153 e. The predicted octanol–water partition coefficient (Wildman–Crippen LogP) is 2.39. The third kappa shape index (κ3) is 3.17. The normalized spacial score (nSPS) is 40.2. The van der Waals surface area contributed by atoms with E-state index in [2.05, 4.69) is 5.32 Å². The van der Waals surface area contributed by atoms with Crippen LogP contribution in [0, 0.1) is 5.92 Å². The second-order valence-corrected chi connectivity index (χ2v) is 7.39. The highest BCUT2D eigenvalue weighted by molar-refractivity contribution is 7.99. The van der Waals surface area contributed by atoms with Crippen LogP contribution in [0.1, 0.15) is 44.9 Å². The van der Waals surface area contributed by atoms with Gasteiger partial charge in [0.2, 0.25) is 0 Å². The van der Waals surface area contributed by atoms with E-state index in [1.165, 1.54) is 25.0 Å². The topological polar surface area (TPSA) is 38.3 Å². The van der Waals surface area contributed by atoms with Crippen LogP contribution >= 0.6 is 11.8 Å². The van der Waals surface area contributed by atoms with E-state index in [1.807, 2.05) is 11.8 Å². The Hall–Kier alpha value is -0.0600. The Kier molecular flexibility index (Phi) is 4.50. The van der Waals surface area contributed by atoms with Gasteiger partial charge in [-0.1, -0.05) is 12.8 Å². The van der Waals surface area contributed by atoms with Crippen LogP contribution in [-0.2, 0) is 9.53 Å². The number of hydrogen-bond donors (Lipinski definition) is 1. The quantitative estimate of drug-likeness (QED) is 0.844. The summed E-state index contributed by atoms with van der Waals surface area (Å²) in [5, 5.41) is 3.46. The Balaban J connectivity index is 1.62.